The van der Waals surface area contributed by atoms with Gasteiger partial charge in [0.2, 0.25) is 0 Å². The van der Waals surface area contributed by atoms with Gasteiger partial charge >= 0.3 is 0 Å². The summed E-state index contributed by atoms with van der Waals surface area (Å²) in [6.45, 7) is 4.30. The Hall–Kier alpha value is -1.70. The van der Waals surface area contributed by atoms with Crippen molar-refractivity contribution in [3.63, 3.8) is 0 Å². The van der Waals surface area contributed by atoms with E-state index in [-0.39, 0.29) is 38.5 Å². The van der Waals surface area contributed by atoms with E-state index >= 15 is 0 Å². The van der Waals surface area contributed by atoms with Crippen molar-refractivity contribution < 1.29 is 47.0 Å². The monoisotopic (exact) mass is 411 g/mol. The minimum Gasteiger partial charge on any atom is -0.501 e. The van der Waals surface area contributed by atoms with Crippen LogP contribution in [0.4, 0.5) is 0 Å². The van der Waals surface area contributed by atoms with Gasteiger partial charge in [-0.1, -0.05) is 6.92 Å². The second-order valence-corrected chi connectivity index (χ2v) is 5.49. The van der Waals surface area contributed by atoms with E-state index in [4.69, 9.17) is 14.7 Å². The molecule has 0 aliphatic heterocycles. The van der Waals surface area contributed by atoms with Gasteiger partial charge in [-0.3, -0.25) is 4.79 Å². The van der Waals surface area contributed by atoms with E-state index < -0.39 is 0 Å². The van der Waals surface area contributed by atoms with Crippen LogP contribution in [0.15, 0.2) is 36.4 Å². The first-order valence-corrected chi connectivity index (χ1v) is 7.85. The fourth-order valence-corrected chi connectivity index (χ4v) is 2.12. The van der Waals surface area contributed by atoms with Crippen molar-refractivity contribution in [1.82, 2.24) is 0 Å². The Balaban J connectivity index is 0.00000312. The quantitative estimate of drug-likeness (QED) is 0.370. The molecule has 0 heterocycles. The molecule has 4 nitrogen and oxygen atoms in total. The molecule has 2 rings (SSSR count). The Morgan fingerprint density at radius 2 is 2.04 bits per heavy atom. The number of Topliss-reactive ketones (excluding diaryl/α,β-unsaturated/α-hetero) is 1. The van der Waals surface area contributed by atoms with E-state index in [2.05, 4.69) is 12.1 Å². The number of nitriles is 1. The minimum absolute atomic E-state index is 0. The van der Waals surface area contributed by atoms with Crippen molar-refractivity contribution in [2.75, 3.05) is 6.61 Å². The van der Waals surface area contributed by atoms with Gasteiger partial charge in [0.05, 0.1) is 24.8 Å². The maximum Gasteiger partial charge on any atom is 0.163 e. The number of nitrogens with zero attached hydrogens (tertiary/aromatic N) is 1. The summed E-state index contributed by atoms with van der Waals surface area (Å²) >= 11 is 0. The molecule has 0 N–H and O–H groups in total. The van der Waals surface area contributed by atoms with E-state index in [1.807, 2.05) is 25.1 Å². The number of unbranched alkanes of at least 4 members (excludes halogenated alkanes) is 1. The molecule has 2 aromatic rings. The van der Waals surface area contributed by atoms with Gasteiger partial charge in [-0.25, -0.2) is 0 Å². The zero-order valence-electron chi connectivity index (χ0n) is 14.5. The fraction of sp³-hybridized carbons (Fsp3) is 0.300. The molecule has 0 bridgehead atoms. The number of aryl methyl sites for hydroxylation is 1. The number of benzene rings is 2. The van der Waals surface area contributed by atoms with Gasteiger partial charge in [0, 0.05) is 39.1 Å². The van der Waals surface area contributed by atoms with Crippen LogP contribution >= 0.6 is 0 Å². The normalized spacial score (nSPS) is 9.64. The number of carbonyl (C=O) groups excluding carboxylic acids is 1. The van der Waals surface area contributed by atoms with E-state index in [1.165, 1.54) is 6.92 Å². The van der Waals surface area contributed by atoms with Gasteiger partial charge < -0.3 is 9.47 Å². The number of ether oxygens (including phenoxy) is 2. The van der Waals surface area contributed by atoms with Gasteiger partial charge in [0.15, 0.2) is 5.78 Å². The first-order valence-electron chi connectivity index (χ1n) is 7.85. The maximum atomic E-state index is 11.8. The largest absolute Gasteiger partial charge is 0.501 e. The van der Waals surface area contributed by atoms with Crippen molar-refractivity contribution in [2.45, 2.75) is 33.3 Å². The predicted molar refractivity (Wildman–Crippen MR) is 91.1 cm³/mol. The molecule has 5 heteroatoms. The molecule has 0 aromatic heterocycles. The molecule has 0 saturated carbocycles. The van der Waals surface area contributed by atoms with Crippen LogP contribution in [0.1, 0.15) is 41.3 Å². The third kappa shape index (κ3) is 6.98. The first-order chi connectivity index (χ1) is 11.6. The molecule has 0 atom stereocenters. The summed E-state index contributed by atoms with van der Waals surface area (Å²) in [5.41, 5.74) is 2.58. The maximum absolute atomic E-state index is 11.8. The molecule has 127 valence electrons. The molecular weight excluding hydrogens is 391 g/mol. The van der Waals surface area contributed by atoms with Crippen LogP contribution in [0.3, 0.4) is 0 Å². The predicted octanol–water partition coefficient (Wildman–Crippen LogP) is 4.26. The van der Waals surface area contributed by atoms with Crippen LogP contribution in [-0.4, -0.2) is 12.4 Å². The third-order valence-electron chi connectivity index (χ3n) is 3.46. The van der Waals surface area contributed by atoms with Crippen molar-refractivity contribution in [1.29, 1.82) is 5.26 Å². The Bertz CT molecular complexity index is 736. The Morgan fingerprint density at radius 1 is 1.24 bits per heavy atom. The molecular formula is C20H20NO3Y-. The van der Waals surface area contributed by atoms with Gasteiger partial charge in [-0.15, -0.1) is 5.56 Å². The summed E-state index contributed by atoms with van der Waals surface area (Å²) in [4.78, 5) is 11.8. The summed E-state index contributed by atoms with van der Waals surface area (Å²) in [6, 6.07) is 16.3. The Labute approximate surface area is 174 Å². The summed E-state index contributed by atoms with van der Waals surface area (Å²) < 4.78 is 11.3. The summed E-state index contributed by atoms with van der Waals surface area (Å²) in [5.74, 6) is 1.06. The van der Waals surface area contributed by atoms with Gasteiger partial charge in [-0.05, 0) is 31.5 Å². The average Bonchev–Trinajstić information content (AvgIpc) is 2.58. The molecule has 0 aliphatic carbocycles. The van der Waals surface area contributed by atoms with Crippen LogP contribution < -0.4 is 9.47 Å². The minimum atomic E-state index is -0.0839. The van der Waals surface area contributed by atoms with Gasteiger partial charge in [0.25, 0.3) is 0 Å². The van der Waals surface area contributed by atoms with E-state index in [1.54, 1.807) is 18.2 Å². The number of hydrogen-bond donors (Lipinski definition) is 0. The van der Waals surface area contributed by atoms with Gasteiger partial charge in [0.1, 0.15) is 11.5 Å². The van der Waals surface area contributed by atoms with Crippen molar-refractivity contribution in [2.24, 2.45) is 0 Å². The second kappa shape index (κ2) is 11.0. The Morgan fingerprint density at radius 3 is 2.68 bits per heavy atom. The fourth-order valence-electron chi connectivity index (χ4n) is 2.12. The van der Waals surface area contributed by atoms with Crippen LogP contribution in [-0.2, 0) is 39.3 Å². The summed E-state index contributed by atoms with van der Waals surface area (Å²) in [5, 5.41) is 8.53. The van der Waals surface area contributed by atoms with Crippen molar-refractivity contribution in [3.8, 4) is 17.6 Å². The molecule has 0 spiro atoms. The summed E-state index contributed by atoms with van der Waals surface area (Å²) in [7, 11) is 0. The number of ketones is 1. The van der Waals surface area contributed by atoms with Crippen LogP contribution in [0.25, 0.3) is 0 Å². The number of hydrogen-bond acceptors (Lipinski definition) is 4. The van der Waals surface area contributed by atoms with E-state index in [9.17, 15) is 4.79 Å². The topological polar surface area (TPSA) is 59.3 Å². The molecule has 0 unspecified atom stereocenters. The SMILES string of the molecule is CC(=O)c1cc(OCc2c[c-]c(C)cc2)ccc1OCCCC#N.[Y]. The average molecular weight is 411 g/mol. The standard InChI is InChI=1S/C20H20NO3.Y/c1-15-5-7-17(8-6-15)14-24-18-9-10-20(19(13-18)16(2)22)23-12-4-3-11-21;/h5,7-10,13H,3-4,12,14H2,1-2H3;/q-1;. The number of rotatable bonds is 8. The summed E-state index contributed by atoms with van der Waals surface area (Å²) in [6.07, 6.45) is 1.07. The van der Waals surface area contributed by atoms with Crippen LogP contribution in [0.5, 0.6) is 11.5 Å². The van der Waals surface area contributed by atoms with E-state index in [0.29, 0.717) is 43.1 Å². The van der Waals surface area contributed by atoms with Crippen molar-refractivity contribution >= 4 is 5.78 Å². The molecule has 0 aliphatic rings. The zero-order valence-corrected chi connectivity index (χ0v) is 17.4. The third-order valence-corrected chi connectivity index (χ3v) is 3.46. The zero-order chi connectivity index (χ0) is 17.4. The van der Waals surface area contributed by atoms with Gasteiger partial charge in [-0.2, -0.15) is 35.1 Å². The molecule has 0 fully saturated rings. The molecule has 0 saturated heterocycles. The number of carbonyl (C=O) groups is 1. The van der Waals surface area contributed by atoms with Crippen LogP contribution in [0.2, 0.25) is 0 Å². The van der Waals surface area contributed by atoms with Crippen LogP contribution in [0, 0.1) is 24.3 Å². The second-order valence-electron chi connectivity index (χ2n) is 5.49. The molecule has 1 radical (unpaired) electrons. The molecule has 25 heavy (non-hydrogen) atoms. The van der Waals surface area contributed by atoms with Crippen molar-refractivity contribution in [3.05, 3.63) is 59.2 Å². The first kappa shape index (κ1) is 21.3. The van der Waals surface area contributed by atoms with E-state index in [0.717, 1.165) is 11.1 Å². The molecule has 2 aromatic carbocycles. The Kier molecular flexibility index (Phi) is 9.41. The smallest absolute Gasteiger partial charge is 0.163 e. The molecule has 0 amide bonds.